The molecule has 1 aromatic rings. The number of piperidine rings is 1. The molecule has 1 heterocycles. The van der Waals surface area contributed by atoms with Gasteiger partial charge in [-0.3, -0.25) is 4.79 Å². The Morgan fingerprint density at radius 2 is 2.06 bits per heavy atom. The molecule has 0 bridgehead atoms. The summed E-state index contributed by atoms with van der Waals surface area (Å²) in [6, 6.07) is 5.16. The van der Waals surface area contributed by atoms with Crippen LogP contribution in [-0.4, -0.2) is 30.7 Å². The molecule has 18 heavy (non-hydrogen) atoms. The third-order valence-electron chi connectivity index (χ3n) is 3.53. The van der Waals surface area contributed by atoms with E-state index in [1.54, 1.807) is 12.1 Å². The van der Waals surface area contributed by atoms with Crippen LogP contribution in [0.1, 0.15) is 23.2 Å². The molecule has 1 aliphatic rings. The smallest absolute Gasteiger partial charge is 0.248 e. The van der Waals surface area contributed by atoms with E-state index in [1.165, 1.54) is 0 Å². The minimum atomic E-state index is -0.466. The summed E-state index contributed by atoms with van der Waals surface area (Å²) >= 11 is 0. The van der Waals surface area contributed by atoms with E-state index in [0.717, 1.165) is 31.6 Å². The number of amides is 1. The van der Waals surface area contributed by atoms with Gasteiger partial charge in [-0.15, -0.1) is 0 Å². The highest BCUT2D eigenvalue weighted by molar-refractivity contribution is 5.94. The number of hydrogen-bond donors (Lipinski definition) is 3. The van der Waals surface area contributed by atoms with Gasteiger partial charge in [0.1, 0.15) is 0 Å². The first-order valence-electron chi connectivity index (χ1n) is 6.17. The molecule has 2 rings (SSSR count). The van der Waals surface area contributed by atoms with E-state index >= 15 is 0 Å². The van der Waals surface area contributed by atoms with E-state index in [9.17, 15) is 4.79 Å². The molecule has 1 amide bonds. The average molecular weight is 249 g/mol. The minimum Gasteiger partial charge on any atom is -0.397 e. The van der Waals surface area contributed by atoms with Gasteiger partial charge in [-0.25, -0.2) is 0 Å². The van der Waals surface area contributed by atoms with Gasteiger partial charge in [0.25, 0.3) is 0 Å². The molecule has 1 aliphatic heterocycles. The van der Waals surface area contributed by atoms with Gasteiger partial charge >= 0.3 is 0 Å². The maximum absolute atomic E-state index is 11.0. The Morgan fingerprint density at radius 1 is 1.39 bits per heavy atom. The van der Waals surface area contributed by atoms with Crippen molar-refractivity contribution in [2.45, 2.75) is 12.8 Å². The van der Waals surface area contributed by atoms with Gasteiger partial charge < -0.3 is 21.5 Å². The number of hydrogen-bond acceptors (Lipinski definition) is 4. The van der Waals surface area contributed by atoms with Crippen molar-refractivity contribution in [1.82, 2.24) is 0 Å². The van der Waals surface area contributed by atoms with Crippen LogP contribution in [0.2, 0.25) is 0 Å². The molecule has 0 unspecified atom stereocenters. The second-order valence-corrected chi connectivity index (χ2v) is 4.75. The second kappa shape index (κ2) is 5.27. The number of nitrogens with zero attached hydrogens (tertiary/aromatic N) is 1. The first-order valence-corrected chi connectivity index (χ1v) is 6.17. The topological polar surface area (TPSA) is 92.6 Å². The number of aliphatic hydroxyl groups excluding tert-OH is 1. The van der Waals surface area contributed by atoms with E-state index in [1.807, 2.05) is 6.07 Å². The van der Waals surface area contributed by atoms with Crippen LogP contribution in [0, 0.1) is 5.92 Å². The zero-order valence-corrected chi connectivity index (χ0v) is 10.3. The molecule has 5 heteroatoms. The lowest BCUT2D eigenvalue weighted by Crippen LogP contribution is -2.35. The summed E-state index contributed by atoms with van der Waals surface area (Å²) < 4.78 is 0. The average Bonchev–Trinajstić information content (AvgIpc) is 2.38. The summed E-state index contributed by atoms with van der Waals surface area (Å²) in [5.74, 6) is -0.0698. The number of carbonyl (C=O) groups excluding carboxylic acids is 1. The highest BCUT2D eigenvalue weighted by Crippen LogP contribution is 2.28. The van der Waals surface area contributed by atoms with Crippen molar-refractivity contribution in [3.05, 3.63) is 23.8 Å². The molecule has 1 saturated heterocycles. The number of nitrogens with two attached hydrogens (primary N) is 2. The van der Waals surface area contributed by atoms with E-state index in [-0.39, 0.29) is 6.61 Å². The van der Waals surface area contributed by atoms with Crippen LogP contribution < -0.4 is 16.4 Å². The molecular weight excluding hydrogens is 230 g/mol. The number of nitrogen functional groups attached to an aromatic ring is 1. The minimum absolute atomic E-state index is 0.254. The summed E-state index contributed by atoms with van der Waals surface area (Å²) in [6.45, 7) is 2.01. The van der Waals surface area contributed by atoms with Crippen molar-refractivity contribution in [3.8, 4) is 0 Å². The van der Waals surface area contributed by atoms with Crippen LogP contribution >= 0.6 is 0 Å². The van der Waals surface area contributed by atoms with Crippen LogP contribution in [0.5, 0.6) is 0 Å². The van der Waals surface area contributed by atoms with E-state index < -0.39 is 5.91 Å². The van der Waals surface area contributed by atoms with Gasteiger partial charge in [0, 0.05) is 25.3 Å². The Morgan fingerprint density at radius 3 is 2.56 bits per heavy atom. The lowest BCUT2D eigenvalue weighted by atomic mass is 9.97. The van der Waals surface area contributed by atoms with Gasteiger partial charge in [-0.2, -0.15) is 0 Å². The molecule has 0 aliphatic carbocycles. The van der Waals surface area contributed by atoms with Gasteiger partial charge in [-0.05, 0) is 37.0 Å². The Kier molecular flexibility index (Phi) is 3.72. The highest BCUT2D eigenvalue weighted by atomic mass is 16.3. The van der Waals surface area contributed by atoms with Crippen molar-refractivity contribution < 1.29 is 9.90 Å². The summed E-state index contributed by atoms with van der Waals surface area (Å²) in [4.78, 5) is 13.2. The zero-order chi connectivity index (χ0) is 13.1. The first-order chi connectivity index (χ1) is 8.61. The molecule has 1 aromatic carbocycles. The van der Waals surface area contributed by atoms with Crippen LogP contribution in [0.4, 0.5) is 11.4 Å². The van der Waals surface area contributed by atoms with E-state index in [0.29, 0.717) is 17.2 Å². The quantitative estimate of drug-likeness (QED) is 0.683. The van der Waals surface area contributed by atoms with Crippen LogP contribution in [0.3, 0.4) is 0 Å². The standard InChI is InChI=1S/C13H19N3O2/c14-11-7-10(13(15)18)1-2-12(11)16-5-3-9(8-17)4-6-16/h1-2,7,9,17H,3-6,8,14H2,(H2,15,18). The monoisotopic (exact) mass is 249 g/mol. The molecule has 0 spiro atoms. The lowest BCUT2D eigenvalue weighted by Gasteiger charge is -2.33. The Balaban J connectivity index is 2.12. The van der Waals surface area contributed by atoms with Crippen molar-refractivity contribution >= 4 is 17.3 Å². The van der Waals surface area contributed by atoms with Gasteiger partial charge in [0.15, 0.2) is 0 Å². The van der Waals surface area contributed by atoms with Crippen molar-refractivity contribution in [2.75, 3.05) is 30.3 Å². The molecule has 0 saturated carbocycles. The molecule has 0 atom stereocenters. The summed E-state index contributed by atoms with van der Waals surface area (Å²) in [6.07, 6.45) is 1.93. The van der Waals surface area contributed by atoms with Crippen LogP contribution in [-0.2, 0) is 0 Å². The summed E-state index contributed by atoms with van der Waals surface area (Å²) in [5.41, 5.74) is 13.1. The fourth-order valence-corrected chi connectivity index (χ4v) is 2.35. The molecule has 0 aromatic heterocycles. The normalized spacial score (nSPS) is 16.8. The number of aliphatic hydroxyl groups is 1. The number of benzene rings is 1. The Hall–Kier alpha value is -1.75. The predicted molar refractivity (Wildman–Crippen MR) is 71.4 cm³/mol. The fraction of sp³-hybridized carbons (Fsp3) is 0.462. The van der Waals surface area contributed by atoms with Crippen LogP contribution in [0.25, 0.3) is 0 Å². The predicted octanol–water partition coefficient (Wildman–Crippen LogP) is 0.576. The van der Waals surface area contributed by atoms with Crippen molar-refractivity contribution in [1.29, 1.82) is 0 Å². The summed E-state index contributed by atoms with van der Waals surface area (Å²) in [5, 5.41) is 9.11. The number of carbonyl (C=O) groups is 1. The zero-order valence-electron chi connectivity index (χ0n) is 10.3. The fourth-order valence-electron chi connectivity index (χ4n) is 2.35. The maximum atomic E-state index is 11.0. The van der Waals surface area contributed by atoms with Gasteiger partial charge in [0.2, 0.25) is 5.91 Å². The molecule has 5 N–H and O–H groups in total. The molecular formula is C13H19N3O2. The molecule has 1 fully saturated rings. The van der Waals surface area contributed by atoms with E-state index in [2.05, 4.69) is 4.90 Å². The molecule has 0 radical (unpaired) electrons. The molecule has 5 nitrogen and oxygen atoms in total. The largest absolute Gasteiger partial charge is 0.397 e. The lowest BCUT2D eigenvalue weighted by molar-refractivity contribution is 0.100. The number of anilines is 2. The third kappa shape index (κ3) is 2.56. The van der Waals surface area contributed by atoms with Gasteiger partial charge in [-0.1, -0.05) is 0 Å². The van der Waals surface area contributed by atoms with Crippen molar-refractivity contribution in [2.24, 2.45) is 11.7 Å². The Labute approximate surface area is 106 Å². The Bertz CT molecular complexity index is 440. The second-order valence-electron chi connectivity index (χ2n) is 4.75. The first kappa shape index (κ1) is 12.7. The van der Waals surface area contributed by atoms with Crippen LogP contribution in [0.15, 0.2) is 18.2 Å². The number of primary amides is 1. The SMILES string of the molecule is NC(=O)c1ccc(N2CCC(CO)CC2)c(N)c1. The molecule has 98 valence electrons. The van der Waals surface area contributed by atoms with E-state index in [4.69, 9.17) is 16.6 Å². The number of rotatable bonds is 3. The highest BCUT2D eigenvalue weighted by Gasteiger charge is 2.20. The third-order valence-corrected chi connectivity index (χ3v) is 3.53. The van der Waals surface area contributed by atoms with Crippen molar-refractivity contribution in [3.63, 3.8) is 0 Å². The maximum Gasteiger partial charge on any atom is 0.248 e. The summed E-state index contributed by atoms with van der Waals surface area (Å²) in [7, 11) is 0. The van der Waals surface area contributed by atoms with Gasteiger partial charge in [0.05, 0.1) is 11.4 Å².